The van der Waals surface area contributed by atoms with E-state index in [9.17, 15) is 9.50 Å². The van der Waals surface area contributed by atoms with Crippen LogP contribution in [0.15, 0.2) is 17.7 Å². The summed E-state index contributed by atoms with van der Waals surface area (Å²) in [5.74, 6) is -0.519. The van der Waals surface area contributed by atoms with Gasteiger partial charge >= 0.3 is 7.12 Å². The Balaban J connectivity index is 2.33. The predicted molar refractivity (Wildman–Crippen MR) is 80.1 cm³/mol. The van der Waals surface area contributed by atoms with Crippen LogP contribution in [0.5, 0.6) is 0 Å². The molecule has 0 aliphatic carbocycles. The van der Waals surface area contributed by atoms with Crippen molar-refractivity contribution >= 4 is 13.2 Å². The molecule has 1 aromatic rings. The van der Waals surface area contributed by atoms with Crippen molar-refractivity contribution in [2.45, 2.75) is 45.8 Å². The minimum Gasteiger partial charge on any atom is -0.400 e. The van der Waals surface area contributed by atoms with Gasteiger partial charge < -0.3 is 14.4 Å². The maximum absolute atomic E-state index is 13.5. The lowest BCUT2D eigenvalue weighted by atomic mass is 9.77. The number of rotatable bonds is 3. The zero-order valence-electron chi connectivity index (χ0n) is 13.1. The summed E-state index contributed by atoms with van der Waals surface area (Å²) < 4.78 is 25.3. The van der Waals surface area contributed by atoms with Crippen LogP contribution in [-0.2, 0) is 9.31 Å². The maximum atomic E-state index is 13.5. The van der Waals surface area contributed by atoms with Crippen LogP contribution in [-0.4, -0.2) is 35.0 Å². The molecule has 0 spiro atoms. The summed E-state index contributed by atoms with van der Waals surface area (Å²) in [6, 6.07) is 1.69. The molecule has 4 nitrogen and oxygen atoms in total. The standard InChI is InChI=1S/C15H21BFNO3/c1-10-11(6-7-18-13(10)17)8-12(9-19)16-20-14(2,3)15(4,5)21-16/h6-8,19H,9H2,1-5H3. The fraction of sp³-hybridized carbons (Fsp3) is 0.533. The zero-order valence-corrected chi connectivity index (χ0v) is 13.1. The van der Waals surface area contributed by atoms with Crippen LogP contribution >= 0.6 is 0 Å². The molecule has 1 N–H and O–H groups in total. The lowest BCUT2D eigenvalue weighted by Crippen LogP contribution is -2.41. The maximum Gasteiger partial charge on any atom is 0.492 e. The van der Waals surface area contributed by atoms with Crippen molar-refractivity contribution in [3.05, 3.63) is 34.8 Å². The fourth-order valence-corrected chi connectivity index (χ4v) is 2.06. The fourth-order valence-electron chi connectivity index (χ4n) is 2.06. The van der Waals surface area contributed by atoms with Crippen LogP contribution < -0.4 is 0 Å². The van der Waals surface area contributed by atoms with Gasteiger partial charge in [-0.2, -0.15) is 4.39 Å². The van der Waals surface area contributed by atoms with Crippen molar-refractivity contribution in [1.29, 1.82) is 0 Å². The van der Waals surface area contributed by atoms with E-state index in [0.29, 0.717) is 16.6 Å². The molecule has 0 unspecified atom stereocenters. The number of pyridine rings is 1. The van der Waals surface area contributed by atoms with E-state index in [1.165, 1.54) is 6.20 Å². The Kier molecular flexibility index (Phi) is 4.24. The SMILES string of the molecule is Cc1c(C=C(CO)B2OC(C)(C)C(C)(C)O2)ccnc1F. The molecule has 1 aliphatic rings. The van der Waals surface area contributed by atoms with Crippen molar-refractivity contribution in [3.8, 4) is 0 Å². The first-order chi connectivity index (χ1) is 9.68. The van der Waals surface area contributed by atoms with Gasteiger partial charge in [0, 0.05) is 11.8 Å². The molecule has 2 rings (SSSR count). The molecule has 1 saturated heterocycles. The van der Waals surface area contributed by atoms with Gasteiger partial charge in [0.05, 0.1) is 17.8 Å². The van der Waals surface area contributed by atoms with Crippen LogP contribution in [0, 0.1) is 12.9 Å². The Morgan fingerprint density at radius 3 is 2.43 bits per heavy atom. The molecule has 2 heterocycles. The summed E-state index contributed by atoms with van der Waals surface area (Å²) in [4.78, 5) is 3.60. The average molecular weight is 293 g/mol. The van der Waals surface area contributed by atoms with E-state index in [1.54, 1.807) is 19.1 Å². The normalized spacial score (nSPS) is 20.9. The van der Waals surface area contributed by atoms with Crippen molar-refractivity contribution in [2.75, 3.05) is 6.61 Å². The van der Waals surface area contributed by atoms with E-state index >= 15 is 0 Å². The second kappa shape index (κ2) is 5.52. The predicted octanol–water partition coefficient (Wildman–Crippen LogP) is 2.54. The number of halogens is 1. The van der Waals surface area contributed by atoms with Gasteiger partial charge in [-0.05, 0) is 51.7 Å². The number of hydrogen-bond acceptors (Lipinski definition) is 4. The summed E-state index contributed by atoms with van der Waals surface area (Å²) in [5, 5.41) is 9.61. The number of hydrogen-bond donors (Lipinski definition) is 1. The lowest BCUT2D eigenvalue weighted by molar-refractivity contribution is 0.00578. The number of aliphatic hydroxyl groups excluding tert-OH is 1. The minimum absolute atomic E-state index is 0.222. The topological polar surface area (TPSA) is 51.6 Å². The molecular weight excluding hydrogens is 272 g/mol. The van der Waals surface area contributed by atoms with Gasteiger partial charge in [0.1, 0.15) is 0 Å². The van der Waals surface area contributed by atoms with Crippen LogP contribution in [0.4, 0.5) is 4.39 Å². The molecule has 114 valence electrons. The molecule has 1 fully saturated rings. The Morgan fingerprint density at radius 1 is 1.33 bits per heavy atom. The molecule has 0 saturated carbocycles. The molecule has 6 heteroatoms. The van der Waals surface area contributed by atoms with Crippen LogP contribution in [0.25, 0.3) is 6.08 Å². The highest BCUT2D eigenvalue weighted by Gasteiger charge is 2.52. The largest absolute Gasteiger partial charge is 0.492 e. The second-order valence-electron chi connectivity index (χ2n) is 6.28. The van der Waals surface area contributed by atoms with Crippen molar-refractivity contribution in [2.24, 2.45) is 0 Å². The van der Waals surface area contributed by atoms with E-state index in [0.717, 1.165) is 0 Å². The number of nitrogens with zero attached hydrogens (tertiary/aromatic N) is 1. The van der Waals surface area contributed by atoms with Crippen LogP contribution in [0.1, 0.15) is 38.8 Å². The molecular formula is C15H21BFNO3. The van der Waals surface area contributed by atoms with Crippen molar-refractivity contribution in [3.63, 3.8) is 0 Å². The van der Waals surface area contributed by atoms with E-state index < -0.39 is 24.3 Å². The summed E-state index contributed by atoms with van der Waals surface area (Å²) in [7, 11) is -0.643. The van der Waals surface area contributed by atoms with Crippen LogP contribution in [0.3, 0.4) is 0 Å². The molecule has 0 bridgehead atoms. The molecule has 0 atom stereocenters. The molecule has 0 aromatic carbocycles. The summed E-state index contributed by atoms with van der Waals surface area (Å²) in [6.45, 7) is 9.20. The second-order valence-corrected chi connectivity index (χ2v) is 6.28. The lowest BCUT2D eigenvalue weighted by Gasteiger charge is -2.32. The van der Waals surface area contributed by atoms with Crippen molar-refractivity contribution in [1.82, 2.24) is 4.98 Å². The molecule has 0 amide bonds. The highest BCUT2D eigenvalue weighted by atomic mass is 19.1. The smallest absolute Gasteiger partial charge is 0.400 e. The molecule has 1 aromatic heterocycles. The Hall–Kier alpha value is -1.24. The van der Waals surface area contributed by atoms with E-state index in [2.05, 4.69) is 4.98 Å². The average Bonchev–Trinajstić information content (AvgIpc) is 2.60. The highest BCUT2D eigenvalue weighted by Crippen LogP contribution is 2.38. The first-order valence-electron chi connectivity index (χ1n) is 6.96. The van der Waals surface area contributed by atoms with E-state index in [-0.39, 0.29) is 6.61 Å². The number of aromatic nitrogens is 1. The molecule has 0 radical (unpaired) electrons. The van der Waals surface area contributed by atoms with Gasteiger partial charge in [-0.3, -0.25) is 0 Å². The van der Waals surface area contributed by atoms with Crippen LogP contribution in [0.2, 0.25) is 0 Å². The van der Waals surface area contributed by atoms with Gasteiger partial charge in [-0.1, -0.05) is 6.08 Å². The quantitative estimate of drug-likeness (QED) is 0.687. The zero-order chi connectivity index (χ0) is 15.8. The highest BCUT2D eigenvalue weighted by molar-refractivity contribution is 6.55. The van der Waals surface area contributed by atoms with Gasteiger partial charge in [-0.25, -0.2) is 4.98 Å². The summed E-state index contributed by atoms with van der Waals surface area (Å²) >= 11 is 0. The van der Waals surface area contributed by atoms with Crippen molar-refractivity contribution < 1.29 is 18.8 Å². The Morgan fingerprint density at radius 2 is 1.90 bits per heavy atom. The minimum atomic E-state index is -0.643. The van der Waals surface area contributed by atoms with Gasteiger partial charge in [-0.15, -0.1) is 0 Å². The van der Waals surface area contributed by atoms with E-state index in [4.69, 9.17) is 9.31 Å². The molecule has 21 heavy (non-hydrogen) atoms. The third-order valence-corrected chi connectivity index (χ3v) is 4.26. The van der Waals surface area contributed by atoms with E-state index in [1.807, 2.05) is 27.7 Å². The summed E-state index contributed by atoms with van der Waals surface area (Å²) in [5.41, 5.74) is 0.679. The molecule has 1 aliphatic heterocycles. The van der Waals surface area contributed by atoms with Gasteiger partial charge in [0.15, 0.2) is 0 Å². The Bertz CT molecular complexity index is 556. The monoisotopic (exact) mass is 293 g/mol. The third kappa shape index (κ3) is 3.02. The third-order valence-electron chi connectivity index (χ3n) is 4.26. The number of aliphatic hydroxyl groups is 1. The van der Waals surface area contributed by atoms with Gasteiger partial charge in [0.25, 0.3) is 0 Å². The van der Waals surface area contributed by atoms with Gasteiger partial charge in [0.2, 0.25) is 5.95 Å². The first-order valence-corrected chi connectivity index (χ1v) is 6.96. The summed E-state index contributed by atoms with van der Waals surface area (Å²) in [6.07, 6.45) is 3.09. The first kappa shape index (κ1) is 16.1. The Labute approximate surface area is 125 Å².